The van der Waals surface area contributed by atoms with Crippen molar-refractivity contribution >= 4 is 56.5 Å². The molecule has 0 amide bonds. The Kier molecular flexibility index (Phi) is 3.30. The lowest BCUT2D eigenvalue weighted by Gasteiger charge is -2.43. The van der Waals surface area contributed by atoms with Gasteiger partial charge in [-0.2, -0.15) is 0 Å². The second-order valence-electron chi connectivity index (χ2n) is 4.02. The van der Waals surface area contributed by atoms with Crippen LogP contribution >= 0.6 is 50.7 Å². The van der Waals surface area contributed by atoms with Gasteiger partial charge in [0.2, 0.25) is 0 Å². The van der Waals surface area contributed by atoms with E-state index in [1.807, 2.05) is 13.8 Å². The Labute approximate surface area is 101 Å². The highest BCUT2D eigenvalue weighted by Gasteiger charge is 2.54. The molecule has 1 fully saturated rings. The largest absolute Gasteiger partial charge is 0.296 e. The van der Waals surface area contributed by atoms with Gasteiger partial charge < -0.3 is 0 Å². The van der Waals surface area contributed by atoms with E-state index in [4.69, 9.17) is 34.8 Å². The molecule has 0 heterocycles. The second-order valence-corrected chi connectivity index (χ2v) is 6.86. The molecule has 0 radical (unpaired) electrons. The summed E-state index contributed by atoms with van der Waals surface area (Å²) in [5.74, 6) is -0.198. The molecule has 0 spiro atoms. The molecule has 0 saturated heterocycles. The van der Waals surface area contributed by atoms with E-state index in [-0.39, 0.29) is 16.0 Å². The van der Waals surface area contributed by atoms with Crippen LogP contribution in [0.4, 0.5) is 0 Å². The third-order valence-electron chi connectivity index (χ3n) is 2.34. The van der Waals surface area contributed by atoms with Crippen LogP contribution in [0, 0.1) is 5.41 Å². The van der Waals surface area contributed by atoms with Crippen LogP contribution in [0.5, 0.6) is 0 Å². The first-order valence-electron chi connectivity index (χ1n) is 3.89. The molecule has 0 N–H and O–H groups in total. The molecule has 1 rings (SSSR count). The molecule has 0 aromatic heterocycles. The molecule has 0 aliphatic heterocycles. The third kappa shape index (κ3) is 2.01. The monoisotopic (exact) mass is 306 g/mol. The third-order valence-corrected chi connectivity index (χ3v) is 6.10. The van der Waals surface area contributed by atoms with E-state index in [0.29, 0.717) is 6.42 Å². The molecule has 2 unspecified atom stereocenters. The maximum atomic E-state index is 11.5. The van der Waals surface area contributed by atoms with Crippen LogP contribution in [0.3, 0.4) is 0 Å². The Morgan fingerprint density at radius 2 is 1.92 bits per heavy atom. The van der Waals surface area contributed by atoms with Crippen molar-refractivity contribution in [2.75, 3.05) is 0 Å². The molecule has 13 heavy (non-hydrogen) atoms. The quantitative estimate of drug-likeness (QED) is 0.626. The predicted molar refractivity (Wildman–Crippen MR) is 60.2 cm³/mol. The summed E-state index contributed by atoms with van der Waals surface area (Å²) in [6.07, 6.45) is 0.346. The number of hydrogen-bond acceptors (Lipinski definition) is 1. The van der Waals surface area contributed by atoms with Gasteiger partial charge in [0, 0.05) is 11.2 Å². The van der Waals surface area contributed by atoms with Gasteiger partial charge in [-0.3, -0.25) is 4.79 Å². The maximum absolute atomic E-state index is 11.5. The van der Waals surface area contributed by atoms with Crippen molar-refractivity contribution in [3.8, 4) is 0 Å². The average molecular weight is 308 g/mol. The molecule has 76 valence electrons. The van der Waals surface area contributed by atoms with Crippen LogP contribution < -0.4 is 0 Å². The van der Waals surface area contributed by atoms with Gasteiger partial charge in [0.15, 0.2) is 10.1 Å². The number of carbonyl (C=O) groups is 1. The fraction of sp³-hybridized carbons (Fsp3) is 0.875. The van der Waals surface area contributed by atoms with Gasteiger partial charge in [-0.1, -0.05) is 53.0 Å². The highest BCUT2D eigenvalue weighted by molar-refractivity contribution is 9.09. The molecular formula is C8H10BrCl3O. The average Bonchev–Trinajstić information content (AvgIpc) is 1.98. The van der Waals surface area contributed by atoms with Crippen molar-refractivity contribution < 1.29 is 4.79 Å². The predicted octanol–water partition coefficient (Wildman–Crippen LogP) is 3.53. The number of carbonyl (C=O) groups excluding carboxylic acids is 1. The summed E-state index contributed by atoms with van der Waals surface area (Å²) in [5.41, 5.74) is -0.198. The van der Waals surface area contributed by atoms with Crippen molar-refractivity contribution in [2.24, 2.45) is 5.41 Å². The van der Waals surface area contributed by atoms with Crippen LogP contribution in [-0.2, 0) is 4.79 Å². The molecule has 5 heteroatoms. The summed E-state index contributed by atoms with van der Waals surface area (Å²) in [6.45, 7) is 3.92. The van der Waals surface area contributed by atoms with Crippen LogP contribution in [0.2, 0.25) is 0 Å². The molecule has 0 aromatic rings. The lowest BCUT2D eigenvalue weighted by molar-refractivity contribution is -0.123. The van der Waals surface area contributed by atoms with Gasteiger partial charge in [0.05, 0.1) is 5.38 Å². The Balaban J connectivity index is 3.00. The Morgan fingerprint density at radius 3 is 2.38 bits per heavy atom. The normalized spacial score (nSPS) is 37.5. The summed E-state index contributed by atoms with van der Waals surface area (Å²) >= 11 is 21.1. The fourth-order valence-corrected chi connectivity index (χ4v) is 3.07. The number of rotatable bonds is 0. The summed E-state index contributed by atoms with van der Waals surface area (Å²) in [5, 5.41) is -0.591. The maximum Gasteiger partial charge on any atom is 0.193 e. The van der Waals surface area contributed by atoms with Gasteiger partial charge in [-0.05, 0) is 5.41 Å². The highest BCUT2D eigenvalue weighted by atomic mass is 79.9. The van der Waals surface area contributed by atoms with E-state index in [9.17, 15) is 4.79 Å². The topological polar surface area (TPSA) is 17.1 Å². The Bertz CT molecular complexity index is 240. The van der Waals surface area contributed by atoms with Gasteiger partial charge in [-0.15, -0.1) is 11.6 Å². The second kappa shape index (κ2) is 3.55. The van der Waals surface area contributed by atoms with Gasteiger partial charge in [-0.25, -0.2) is 0 Å². The van der Waals surface area contributed by atoms with E-state index >= 15 is 0 Å². The van der Waals surface area contributed by atoms with Gasteiger partial charge >= 0.3 is 0 Å². The van der Waals surface area contributed by atoms with Crippen LogP contribution in [0.1, 0.15) is 20.3 Å². The smallest absolute Gasteiger partial charge is 0.193 e. The fourth-order valence-electron chi connectivity index (χ4n) is 1.36. The first-order valence-corrected chi connectivity index (χ1v) is 5.99. The summed E-state index contributed by atoms with van der Waals surface area (Å²) < 4.78 is -1.45. The molecule has 1 nitrogen and oxygen atoms in total. The molecule has 1 aliphatic carbocycles. The zero-order valence-electron chi connectivity index (χ0n) is 7.28. The lowest BCUT2D eigenvalue weighted by Crippen LogP contribution is -2.53. The molecule has 1 saturated carbocycles. The molecular weight excluding hydrogens is 298 g/mol. The summed E-state index contributed by atoms with van der Waals surface area (Å²) in [6, 6.07) is 0. The zero-order valence-corrected chi connectivity index (χ0v) is 11.1. The van der Waals surface area contributed by atoms with E-state index in [0.717, 1.165) is 0 Å². The SMILES string of the molecule is CC1(C)CC(=O)C(Cl)(Cl)C(Cl)C1Br. The van der Waals surface area contributed by atoms with Gasteiger partial charge in [0.1, 0.15) is 0 Å². The van der Waals surface area contributed by atoms with Crippen molar-refractivity contribution in [1.29, 1.82) is 0 Å². The molecule has 1 aliphatic rings. The minimum absolute atomic E-state index is 0.0608. The van der Waals surface area contributed by atoms with Crippen LogP contribution in [0.25, 0.3) is 0 Å². The van der Waals surface area contributed by atoms with Crippen molar-refractivity contribution in [1.82, 2.24) is 0 Å². The van der Waals surface area contributed by atoms with Crippen LogP contribution in [0.15, 0.2) is 0 Å². The van der Waals surface area contributed by atoms with E-state index in [2.05, 4.69) is 15.9 Å². The lowest BCUT2D eigenvalue weighted by atomic mass is 9.76. The minimum Gasteiger partial charge on any atom is -0.296 e. The van der Waals surface area contributed by atoms with E-state index < -0.39 is 9.71 Å². The highest BCUT2D eigenvalue weighted by Crippen LogP contribution is 2.49. The number of hydrogen-bond donors (Lipinski definition) is 0. The molecule has 2 atom stereocenters. The molecule has 0 aromatic carbocycles. The van der Waals surface area contributed by atoms with E-state index in [1.165, 1.54) is 0 Å². The Hall–Kier alpha value is 1.02. The zero-order chi connectivity index (χ0) is 10.4. The standard InChI is InChI=1S/C8H10BrCl3O/c1-7(2)3-4(13)8(11,12)6(10)5(7)9/h5-6H,3H2,1-2H3. The van der Waals surface area contributed by atoms with Crippen LogP contribution in [-0.4, -0.2) is 20.3 Å². The summed E-state index contributed by atoms with van der Waals surface area (Å²) in [7, 11) is 0. The van der Waals surface area contributed by atoms with Crippen molar-refractivity contribution in [2.45, 2.75) is 34.8 Å². The van der Waals surface area contributed by atoms with Crippen molar-refractivity contribution in [3.63, 3.8) is 0 Å². The number of Topliss-reactive ketones (excluding diaryl/α,β-unsaturated/α-hetero) is 1. The minimum atomic E-state index is -1.45. The van der Waals surface area contributed by atoms with E-state index in [1.54, 1.807) is 0 Å². The Morgan fingerprint density at radius 1 is 1.46 bits per heavy atom. The van der Waals surface area contributed by atoms with Gasteiger partial charge in [0.25, 0.3) is 0 Å². The number of halogens is 4. The number of alkyl halides is 4. The first-order chi connectivity index (χ1) is 5.69. The first kappa shape index (κ1) is 12.1. The number of ketones is 1. The van der Waals surface area contributed by atoms with Crippen molar-refractivity contribution in [3.05, 3.63) is 0 Å². The summed E-state index contributed by atoms with van der Waals surface area (Å²) in [4.78, 5) is 11.5. The molecule has 0 bridgehead atoms.